The number of benzene rings is 1. The van der Waals surface area contributed by atoms with Crippen molar-refractivity contribution in [2.45, 2.75) is 25.4 Å². The van der Waals surface area contributed by atoms with Crippen molar-refractivity contribution in [1.82, 2.24) is 20.1 Å². The number of nitrogens with zero attached hydrogens (tertiary/aromatic N) is 2. The maximum absolute atomic E-state index is 12.4. The van der Waals surface area contributed by atoms with Crippen molar-refractivity contribution in [3.63, 3.8) is 0 Å². The lowest BCUT2D eigenvalue weighted by molar-refractivity contribution is 0.140. The summed E-state index contributed by atoms with van der Waals surface area (Å²) in [7, 11) is 3.98. The smallest absolute Gasteiger partial charge is 0.317 e. The molecule has 0 unspecified atom stereocenters. The number of aromatic amines is 1. The van der Waals surface area contributed by atoms with Crippen molar-refractivity contribution in [1.29, 1.82) is 0 Å². The second-order valence-electron chi connectivity index (χ2n) is 6.35. The Morgan fingerprint density at radius 1 is 1.48 bits per heavy atom. The predicted molar refractivity (Wildman–Crippen MR) is 93.8 cm³/mol. The average Bonchev–Trinajstić information content (AvgIpc) is 2.93. The highest BCUT2D eigenvalue weighted by atomic mass is 35.5. The number of hydrogen-bond donors (Lipinski definition) is 2. The molecule has 1 aliphatic rings. The van der Waals surface area contributed by atoms with E-state index < -0.39 is 0 Å². The maximum Gasteiger partial charge on any atom is 0.317 e. The first-order valence-electron chi connectivity index (χ1n) is 7.99. The van der Waals surface area contributed by atoms with Crippen molar-refractivity contribution in [2.24, 2.45) is 0 Å². The molecule has 1 aliphatic heterocycles. The van der Waals surface area contributed by atoms with E-state index >= 15 is 0 Å². The number of rotatable bonds is 3. The van der Waals surface area contributed by atoms with E-state index in [0.717, 1.165) is 42.5 Å². The van der Waals surface area contributed by atoms with E-state index in [-0.39, 0.29) is 12.1 Å². The van der Waals surface area contributed by atoms with Crippen LogP contribution in [0.5, 0.6) is 0 Å². The molecule has 2 amide bonds. The van der Waals surface area contributed by atoms with Crippen LogP contribution >= 0.6 is 11.6 Å². The molecule has 0 aliphatic carbocycles. The topological polar surface area (TPSA) is 51.4 Å². The van der Waals surface area contributed by atoms with Gasteiger partial charge in [-0.2, -0.15) is 0 Å². The third kappa shape index (κ3) is 3.79. The van der Waals surface area contributed by atoms with E-state index in [1.165, 1.54) is 0 Å². The van der Waals surface area contributed by atoms with Crippen LogP contribution in [0.3, 0.4) is 0 Å². The number of H-pyrrole nitrogens is 1. The zero-order valence-electron chi connectivity index (χ0n) is 13.6. The number of urea groups is 1. The lowest BCUT2D eigenvalue weighted by Gasteiger charge is -2.35. The van der Waals surface area contributed by atoms with Gasteiger partial charge in [0.25, 0.3) is 0 Å². The third-order valence-electron chi connectivity index (χ3n) is 4.54. The quantitative estimate of drug-likeness (QED) is 0.906. The Labute approximate surface area is 141 Å². The molecule has 0 bridgehead atoms. The minimum absolute atomic E-state index is 0.0259. The van der Waals surface area contributed by atoms with Crippen LogP contribution in [-0.2, 0) is 6.54 Å². The number of aromatic nitrogens is 1. The Balaban J connectivity index is 1.58. The highest BCUT2D eigenvalue weighted by Crippen LogP contribution is 2.20. The fraction of sp³-hybridized carbons (Fsp3) is 0.471. The number of carbonyl (C=O) groups is 1. The summed E-state index contributed by atoms with van der Waals surface area (Å²) in [4.78, 5) is 19.8. The minimum Gasteiger partial charge on any atom is -0.357 e. The molecule has 6 heteroatoms. The summed E-state index contributed by atoms with van der Waals surface area (Å²) in [5.74, 6) is 0. The third-order valence-corrected chi connectivity index (χ3v) is 4.77. The van der Waals surface area contributed by atoms with Gasteiger partial charge in [0, 0.05) is 41.3 Å². The normalized spacial score (nSPS) is 19.0. The van der Waals surface area contributed by atoms with E-state index in [0.29, 0.717) is 11.6 Å². The fourth-order valence-electron chi connectivity index (χ4n) is 3.18. The summed E-state index contributed by atoms with van der Waals surface area (Å²) in [6.45, 7) is 2.54. The Morgan fingerprint density at radius 3 is 3.09 bits per heavy atom. The first-order valence-corrected chi connectivity index (χ1v) is 8.37. The van der Waals surface area contributed by atoms with Gasteiger partial charge >= 0.3 is 6.03 Å². The summed E-state index contributed by atoms with van der Waals surface area (Å²) >= 11 is 6.00. The first kappa shape index (κ1) is 16.1. The van der Waals surface area contributed by atoms with Gasteiger partial charge in [-0.15, -0.1) is 0 Å². The van der Waals surface area contributed by atoms with Crippen LogP contribution < -0.4 is 5.32 Å². The van der Waals surface area contributed by atoms with E-state index in [2.05, 4.69) is 22.2 Å². The molecule has 1 fully saturated rings. The van der Waals surface area contributed by atoms with Gasteiger partial charge in [0.15, 0.2) is 0 Å². The van der Waals surface area contributed by atoms with Crippen LogP contribution in [0.1, 0.15) is 18.5 Å². The van der Waals surface area contributed by atoms with E-state index in [1.54, 1.807) is 0 Å². The number of halogens is 1. The molecular weight excluding hydrogens is 312 g/mol. The number of likely N-dealkylation sites (N-methyl/N-ethyl adjacent to an activating group) is 2. The number of nitrogens with one attached hydrogen (secondary N) is 2. The summed E-state index contributed by atoms with van der Waals surface area (Å²) in [5.41, 5.74) is 2.01. The molecule has 2 heterocycles. The lowest BCUT2D eigenvalue weighted by Crippen LogP contribution is -2.50. The van der Waals surface area contributed by atoms with Crippen LogP contribution in [0, 0.1) is 0 Å². The molecule has 1 atom stereocenters. The van der Waals surface area contributed by atoms with Gasteiger partial charge in [0.05, 0.1) is 6.54 Å². The van der Waals surface area contributed by atoms with Gasteiger partial charge in [-0.25, -0.2) is 4.79 Å². The van der Waals surface area contributed by atoms with Crippen molar-refractivity contribution < 1.29 is 4.79 Å². The van der Waals surface area contributed by atoms with E-state index in [9.17, 15) is 4.79 Å². The number of piperidine rings is 1. The van der Waals surface area contributed by atoms with E-state index in [1.807, 2.05) is 36.2 Å². The van der Waals surface area contributed by atoms with E-state index in [4.69, 9.17) is 11.6 Å². The number of hydrogen-bond acceptors (Lipinski definition) is 2. The number of likely N-dealkylation sites (tertiary alicyclic amines) is 1. The molecule has 1 aromatic heterocycles. The lowest BCUT2D eigenvalue weighted by atomic mass is 10.1. The van der Waals surface area contributed by atoms with Crippen LogP contribution in [-0.4, -0.2) is 54.0 Å². The molecule has 0 radical (unpaired) electrons. The first-order chi connectivity index (χ1) is 11.0. The molecule has 5 nitrogen and oxygen atoms in total. The molecule has 0 spiro atoms. The molecule has 1 saturated heterocycles. The van der Waals surface area contributed by atoms with Gasteiger partial charge < -0.3 is 20.1 Å². The zero-order chi connectivity index (χ0) is 16.4. The number of fused-ring (bicyclic) bond motifs is 1. The Hall–Kier alpha value is -1.72. The van der Waals surface area contributed by atoms with Gasteiger partial charge in [0.1, 0.15) is 0 Å². The van der Waals surface area contributed by atoms with Crippen LogP contribution in [0.15, 0.2) is 24.3 Å². The highest BCUT2D eigenvalue weighted by Gasteiger charge is 2.24. The predicted octanol–water partition coefficient (Wildman–Crippen LogP) is 3.06. The van der Waals surface area contributed by atoms with Crippen molar-refractivity contribution in [2.75, 3.05) is 27.2 Å². The van der Waals surface area contributed by atoms with Crippen molar-refractivity contribution >= 4 is 28.5 Å². The van der Waals surface area contributed by atoms with Gasteiger partial charge in [-0.1, -0.05) is 11.6 Å². The number of carbonyl (C=O) groups excluding carboxylic acids is 1. The second kappa shape index (κ2) is 6.81. The average molecular weight is 335 g/mol. The fourth-order valence-corrected chi connectivity index (χ4v) is 3.36. The van der Waals surface area contributed by atoms with Gasteiger partial charge in [0.2, 0.25) is 0 Å². The summed E-state index contributed by atoms with van der Waals surface area (Å²) < 4.78 is 0. The molecule has 0 saturated carbocycles. The summed E-state index contributed by atoms with van der Waals surface area (Å²) in [6.07, 6.45) is 2.21. The van der Waals surface area contributed by atoms with Gasteiger partial charge in [-0.3, -0.25) is 0 Å². The summed E-state index contributed by atoms with van der Waals surface area (Å²) in [5, 5.41) is 4.77. The molecule has 1 aromatic carbocycles. The Morgan fingerprint density at radius 2 is 2.30 bits per heavy atom. The molecule has 124 valence electrons. The zero-order valence-corrected chi connectivity index (χ0v) is 14.4. The monoisotopic (exact) mass is 334 g/mol. The maximum atomic E-state index is 12.4. The molecule has 2 N–H and O–H groups in total. The number of amides is 2. The highest BCUT2D eigenvalue weighted by molar-refractivity contribution is 6.31. The Bertz CT molecular complexity index is 699. The van der Waals surface area contributed by atoms with Crippen LogP contribution in [0.25, 0.3) is 10.9 Å². The molecular formula is C17H23ClN4O. The molecule has 2 aromatic rings. The Kier molecular flexibility index (Phi) is 4.78. The van der Waals surface area contributed by atoms with Crippen LogP contribution in [0.4, 0.5) is 4.79 Å². The molecule has 3 rings (SSSR count). The van der Waals surface area contributed by atoms with Crippen molar-refractivity contribution in [3.8, 4) is 0 Å². The standard InChI is InChI=1S/C17H23ClN4O/c1-21-7-3-4-15(11-21)22(2)17(23)19-10-14-9-12-8-13(18)5-6-16(12)20-14/h5-6,8-9,15,20H,3-4,7,10-11H2,1-2H3,(H,19,23)/t15-/m1/s1. The second-order valence-corrected chi connectivity index (χ2v) is 6.79. The van der Waals surface area contributed by atoms with Crippen LogP contribution in [0.2, 0.25) is 5.02 Å². The SMILES string of the molecule is CN1CCC[C@@H](N(C)C(=O)NCc2cc3cc(Cl)ccc3[nH]2)C1. The minimum atomic E-state index is -0.0259. The molecule has 23 heavy (non-hydrogen) atoms. The van der Waals surface area contributed by atoms with Gasteiger partial charge in [-0.05, 0) is 50.7 Å². The van der Waals surface area contributed by atoms with Crippen molar-refractivity contribution in [3.05, 3.63) is 35.0 Å². The largest absolute Gasteiger partial charge is 0.357 e. The summed E-state index contributed by atoms with van der Waals surface area (Å²) in [6, 6.07) is 8.01.